The van der Waals surface area contributed by atoms with Crippen molar-refractivity contribution < 1.29 is 14.3 Å². The summed E-state index contributed by atoms with van der Waals surface area (Å²) in [6.45, 7) is 1.96. The van der Waals surface area contributed by atoms with Gasteiger partial charge in [-0.2, -0.15) is 4.98 Å². The molecule has 0 atom stereocenters. The van der Waals surface area contributed by atoms with Gasteiger partial charge in [0.25, 0.3) is 0 Å². The smallest absolute Gasteiger partial charge is 0.434 e. The molecule has 2 rings (SSSR count). The molecule has 0 saturated carbocycles. The molecule has 0 aliphatic rings. The summed E-state index contributed by atoms with van der Waals surface area (Å²) in [4.78, 5) is 15.1. The molecule has 0 unspecified atom stereocenters. The Bertz CT molecular complexity index is 521. The Kier molecular flexibility index (Phi) is 2.63. The van der Waals surface area contributed by atoms with Gasteiger partial charge in [0, 0.05) is 18.0 Å². The van der Waals surface area contributed by atoms with Crippen LogP contribution in [0.4, 0.5) is 10.5 Å². The van der Waals surface area contributed by atoms with Crippen molar-refractivity contribution in [2.75, 3.05) is 12.3 Å². The van der Waals surface area contributed by atoms with E-state index in [0.29, 0.717) is 11.3 Å². The number of pyridine rings is 1. The van der Waals surface area contributed by atoms with Crippen molar-refractivity contribution in [1.82, 2.24) is 9.38 Å². The second-order valence-corrected chi connectivity index (χ2v) is 3.09. The van der Waals surface area contributed by atoms with Crippen LogP contribution in [0.1, 0.15) is 6.92 Å². The molecule has 2 aromatic rings. The van der Waals surface area contributed by atoms with Gasteiger partial charge in [0.2, 0.25) is 5.88 Å². The van der Waals surface area contributed by atoms with Crippen molar-refractivity contribution >= 4 is 17.5 Å². The monoisotopic (exact) mass is 221 g/mol. The van der Waals surface area contributed by atoms with Gasteiger partial charge < -0.3 is 19.6 Å². The van der Waals surface area contributed by atoms with Crippen molar-refractivity contribution in [3.8, 4) is 5.88 Å². The number of anilines is 1. The summed E-state index contributed by atoms with van der Waals surface area (Å²) in [6, 6.07) is 3.40. The number of aromatic nitrogens is 2. The molecule has 0 saturated heterocycles. The summed E-state index contributed by atoms with van der Waals surface area (Å²) in [5.74, 6) is 0.184. The van der Waals surface area contributed by atoms with E-state index >= 15 is 0 Å². The molecule has 2 aromatic heterocycles. The number of ether oxygens (including phenoxy) is 2. The third-order valence-electron chi connectivity index (χ3n) is 1.91. The number of nitrogen functional groups attached to an aromatic ring is 1. The molecule has 2 heterocycles. The molecule has 0 aromatic carbocycles. The molecule has 0 aliphatic carbocycles. The highest BCUT2D eigenvalue weighted by atomic mass is 16.7. The summed E-state index contributed by atoms with van der Waals surface area (Å²) >= 11 is 0. The Hall–Kier alpha value is -2.24. The first kappa shape index (κ1) is 10.3. The van der Waals surface area contributed by atoms with Gasteiger partial charge in [0.1, 0.15) is 5.65 Å². The highest BCUT2D eigenvalue weighted by molar-refractivity contribution is 5.63. The number of hydrogen-bond donors (Lipinski definition) is 1. The maximum absolute atomic E-state index is 11.0. The lowest BCUT2D eigenvalue weighted by atomic mass is 10.4. The fraction of sp³-hybridized carbons (Fsp3) is 0.200. The number of carbonyl (C=O) groups excluding carboxylic acids is 1. The predicted octanol–water partition coefficient (Wildman–Crippen LogP) is 1.45. The Labute approximate surface area is 91.6 Å². The van der Waals surface area contributed by atoms with Crippen molar-refractivity contribution in [2.45, 2.75) is 6.92 Å². The van der Waals surface area contributed by atoms with Gasteiger partial charge in [-0.05, 0) is 13.0 Å². The number of imidazole rings is 1. The summed E-state index contributed by atoms with van der Waals surface area (Å²) < 4.78 is 11.2. The Morgan fingerprint density at radius 1 is 1.62 bits per heavy atom. The molecule has 16 heavy (non-hydrogen) atoms. The van der Waals surface area contributed by atoms with Crippen LogP contribution in [0, 0.1) is 0 Å². The standard InChI is InChI=1S/C10H11N3O3/c1-2-15-10(14)16-9-6-13-4-3-7(11)5-8(13)12-9/h3-6H,2,11H2,1H3. The van der Waals surface area contributed by atoms with Gasteiger partial charge in [-0.3, -0.25) is 0 Å². The van der Waals surface area contributed by atoms with Crippen LogP contribution >= 0.6 is 0 Å². The van der Waals surface area contributed by atoms with Crippen LogP contribution in [0.5, 0.6) is 5.88 Å². The lowest BCUT2D eigenvalue weighted by Crippen LogP contribution is -2.10. The van der Waals surface area contributed by atoms with E-state index in [9.17, 15) is 4.79 Å². The number of fused-ring (bicyclic) bond motifs is 1. The average molecular weight is 221 g/mol. The molecule has 6 heteroatoms. The van der Waals surface area contributed by atoms with Crippen LogP contribution < -0.4 is 10.5 Å². The first-order valence-corrected chi connectivity index (χ1v) is 4.78. The van der Waals surface area contributed by atoms with Gasteiger partial charge in [0.05, 0.1) is 12.8 Å². The van der Waals surface area contributed by atoms with E-state index in [1.165, 1.54) is 0 Å². The van der Waals surface area contributed by atoms with Crippen LogP contribution in [0.3, 0.4) is 0 Å². The van der Waals surface area contributed by atoms with Crippen molar-refractivity contribution in [1.29, 1.82) is 0 Å². The van der Waals surface area contributed by atoms with Gasteiger partial charge in [0.15, 0.2) is 0 Å². The molecule has 0 aliphatic heterocycles. The van der Waals surface area contributed by atoms with Crippen LogP contribution in [0.2, 0.25) is 0 Å². The SMILES string of the molecule is CCOC(=O)Oc1cn2ccc(N)cc2n1. The van der Waals surface area contributed by atoms with E-state index < -0.39 is 6.16 Å². The molecule has 84 valence electrons. The number of hydrogen-bond acceptors (Lipinski definition) is 5. The first-order valence-electron chi connectivity index (χ1n) is 4.78. The molecular formula is C10H11N3O3. The summed E-state index contributed by atoms with van der Waals surface area (Å²) in [5, 5.41) is 0. The van der Waals surface area contributed by atoms with Gasteiger partial charge >= 0.3 is 6.16 Å². The topological polar surface area (TPSA) is 78.8 Å². The maximum Gasteiger partial charge on any atom is 0.515 e. The third-order valence-corrected chi connectivity index (χ3v) is 1.91. The summed E-state index contributed by atoms with van der Waals surface area (Å²) in [6.07, 6.45) is 2.54. The zero-order chi connectivity index (χ0) is 11.5. The fourth-order valence-corrected chi connectivity index (χ4v) is 1.26. The van der Waals surface area contributed by atoms with E-state index in [2.05, 4.69) is 9.72 Å². The zero-order valence-corrected chi connectivity index (χ0v) is 8.71. The second-order valence-electron chi connectivity index (χ2n) is 3.09. The second kappa shape index (κ2) is 4.09. The van der Waals surface area contributed by atoms with E-state index in [-0.39, 0.29) is 12.5 Å². The number of carbonyl (C=O) groups is 1. The van der Waals surface area contributed by atoms with Crippen LogP contribution in [-0.2, 0) is 4.74 Å². The van der Waals surface area contributed by atoms with Crippen LogP contribution in [0.25, 0.3) is 5.65 Å². The summed E-state index contributed by atoms with van der Waals surface area (Å²) in [5.41, 5.74) is 6.80. The normalized spacial score (nSPS) is 10.3. The number of nitrogens with zero attached hydrogens (tertiary/aromatic N) is 2. The maximum atomic E-state index is 11.0. The van der Waals surface area contributed by atoms with Crippen molar-refractivity contribution in [3.05, 3.63) is 24.5 Å². The van der Waals surface area contributed by atoms with Crippen LogP contribution in [-0.4, -0.2) is 22.1 Å². The minimum Gasteiger partial charge on any atom is -0.434 e. The quantitative estimate of drug-likeness (QED) is 0.776. The molecule has 0 bridgehead atoms. The third kappa shape index (κ3) is 2.05. The fourth-order valence-electron chi connectivity index (χ4n) is 1.26. The van der Waals surface area contributed by atoms with E-state index in [0.717, 1.165) is 0 Å². The van der Waals surface area contributed by atoms with E-state index in [1.807, 2.05) is 0 Å². The molecule has 0 spiro atoms. The van der Waals surface area contributed by atoms with Crippen molar-refractivity contribution in [2.24, 2.45) is 0 Å². The first-order chi connectivity index (χ1) is 7.69. The van der Waals surface area contributed by atoms with E-state index in [4.69, 9.17) is 10.5 Å². The number of nitrogens with two attached hydrogens (primary N) is 1. The van der Waals surface area contributed by atoms with Gasteiger partial charge in [-0.1, -0.05) is 0 Å². The van der Waals surface area contributed by atoms with Gasteiger partial charge in [-0.15, -0.1) is 0 Å². The van der Waals surface area contributed by atoms with Crippen molar-refractivity contribution in [3.63, 3.8) is 0 Å². The molecule has 0 fully saturated rings. The lowest BCUT2D eigenvalue weighted by Gasteiger charge is -1.98. The molecule has 0 radical (unpaired) electrons. The Morgan fingerprint density at radius 3 is 3.19 bits per heavy atom. The van der Waals surface area contributed by atoms with Crippen LogP contribution in [0.15, 0.2) is 24.5 Å². The summed E-state index contributed by atoms with van der Waals surface area (Å²) in [7, 11) is 0. The zero-order valence-electron chi connectivity index (χ0n) is 8.71. The average Bonchev–Trinajstić information content (AvgIpc) is 2.59. The lowest BCUT2D eigenvalue weighted by molar-refractivity contribution is 0.103. The Morgan fingerprint density at radius 2 is 2.44 bits per heavy atom. The minimum absolute atomic E-state index is 0.184. The highest BCUT2D eigenvalue weighted by Gasteiger charge is 2.08. The van der Waals surface area contributed by atoms with Gasteiger partial charge in [-0.25, -0.2) is 4.79 Å². The highest BCUT2D eigenvalue weighted by Crippen LogP contribution is 2.14. The molecule has 0 amide bonds. The predicted molar refractivity (Wildman–Crippen MR) is 57.3 cm³/mol. The van der Waals surface area contributed by atoms with E-state index in [1.54, 1.807) is 35.9 Å². The largest absolute Gasteiger partial charge is 0.515 e. The molecule has 2 N–H and O–H groups in total. The number of rotatable bonds is 2. The molecular weight excluding hydrogens is 210 g/mol. The molecule has 6 nitrogen and oxygen atoms in total. The Balaban J connectivity index is 2.23. The minimum atomic E-state index is -0.765.